The second-order valence-corrected chi connectivity index (χ2v) is 4.22. The van der Waals surface area contributed by atoms with E-state index in [0.29, 0.717) is 0 Å². The van der Waals surface area contributed by atoms with E-state index in [0.717, 1.165) is 6.07 Å². The first-order chi connectivity index (χ1) is 11.7. The van der Waals surface area contributed by atoms with Crippen molar-refractivity contribution >= 4 is 23.9 Å². The number of hydrogen-bond donors (Lipinski definition) is 4. The molecule has 0 aliphatic rings. The molecule has 0 aliphatic carbocycles. The van der Waals surface area contributed by atoms with Gasteiger partial charge in [-0.15, -0.1) is 0 Å². The normalized spacial score (nSPS) is 9.92. The largest absolute Gasteiger partial charge is 0.478 e. The lowest BCUT2D eigenvalue weighted by molar-refractivity contribution is 0.0651. The minimum absolute atomic E-state index is 0.190. The topological polar surface area (TPSA) is 149 Å². The molecule has 4 N–H and O–H groups in total. The van der Waals surface area contributed by atoms with E-state index in [-0.39, 0.29) is 22.7 Å². The molecule has 24 heavy (non-hydrogen) atoms. The molecule has 2 rings (SSSR count). The standard InChI is InChI=1S/2C8H6O4/c2*9-7(10)5-3-1-2-4-6(5)8(11)12/h2*1-4H,(H,9,10)(H,11,12)/i3D;. The molecule has 0 atom stereocenters. The predicted molar refractivity (Wildman–Crippen MR) is 80.7 cm³/mol. The van der Waals surface area contributed by atoms with E-state index in [9.17, 15) is 19.2 Å². The van der Waals surface area contributed by atoms with Gasteiger partial charge in [0.1, 0.15) is 0 Å². The van der Waals surface area contributed by atoms with Crippen molar-refractivity contribution in [1.29, 1.82) is 0 Å². The molecule has 0 radical (unpaired) electrons. The van der Waals surface area contributed by atoms with Crippen molar-refractivity contribution in [3.05, 3.63) is 70.8 Å². The van der Waals surface area contributed by atoms with Crippen LogP contribution in [0.4, 0.5) is 0 Å². The highest BCUT2D eigenvalue weighted by atomic mass is 16.4. The summed E-state index contributed by atoms with van der Waals surface area (Å²) in [5.74, 6) is -5.20. The van der Waals surface area contributed by atoms with Crippen LogP contribution in [0.25, 0.3) is 0 Å². The smallest absolute Gasteiger partial charge is 0.336 e. The Morgan fingerprint density at radius 1 is 0.583 bits per heavy atom. The third-order valence-electron chi connectivity index (χ3n) is 2.69. The van der Waals surface area contributed by atoms with Crippen LogP contribution in [-0.2, 0) is 0 Å². The van der Waals surface area contributed by atoms with Gasteiger partial charge in [0.2, 0.25) is 0 Å². The molecule has 0 saturated heterocycles. The molecule has 0 spiro atoms. The fraction of sp³-hybridized carbons (Fsp3) is 0. The quantitative estimate of drug-likeness (QED) is 0.665. The summed E-state index contributed by atoms with van der Waals surface area (Å²) in [6, 6.07) is 8.90. The highest BCUT2D eigenvalue weighted by molar-refractivity contribution is 6.02. The Kier molecular flexibility index (Phi) is 5.62. The number of carboxylic acid groups (broad SMARTS) is 4. The van der Waals surface area contributed by atoms with Gasteiger partial charge in [0.25, 0.3) is 0 Å². The zero-order valence-electron chi connectivity index (χ0n) is 13.0. The third kappa shape index (κ3) is 4.67. The second-order valence-electron chi connectivity index (χ2n) is 4.22. The van der Waals surface area contributed by atoms with Crippen LogP contribution in [0.2, 0.25) is 0 Å². The maximum absolute atomic E-state index is 10.6. The summed E-state index contributed by atoms with van der Waals surface area (Å²) >= 11 is 0. The third-order valence-corrected chi connectivity index (χ3v) is 2.69. The number of benzene rings is 2. The van der Waals surface area contributed by atoms with Gasteiger partial charge in [0.05, 0.1) is 23.6 Å². The molecule has 0 amide bonds. The fourth-order valence-corrected chi connectivity index (χ4v) is 1.65. The lowest BCUT2D eigenvalue weighted by Gasteiger charge is -1.98. The Labute approximate surface area is 136 Å². The number of carboxylic acids is 4. The van der Waals surface area contributed by atoms with Gasteiger partial charge < -0.3 is 20.4 Å². The Morgan fingerprint density at radius 3 is 1.17 bits per heavy atom. The highest BCUT2D eigenvalue weighted by Crippen LogP contribution is 2.08. The van der Waals surface area contributed by atoms with Crippen LogP contribution in [0.15, 0.2) is 48.5 Å². The molecule has 0 unspecified atom stereocenters. The van der Waals surface area contributed by atoms with Crippen LogP contribution in [0.1, 0.15) is 42.8 Å². The number of rotatable bonds is 4. The Hall–Kier alpha value is -3.68. The summed E-state index contributed by atoms with van der Waals surface area (Å²) in [6.45, 7) is 0. The van der Waals surface area contributed by atoms with E-state index in [2.05, 4.69) is 0 Å². The molecular weight excluding hydrogens is 320 g/mol. The van der Waals surface area contributed by atoms with Crippen LogP contribution < -0.4 is 0 Å². The average molecular weight is 333 g/mol. The van der Waals surface area contributed by atoms with Gasteiger partial charge in [-0.3, -0.25) is 0 Å². The second kappa shape index (κ2) is 8.08. The minimum Gasteiger partial charge on any atom is -0.478 e. The first-order valence-corrected chi connectivity index (χ1v) is 6.28. The average Bonchev–Trinajstić information content (AvgIpc) is 2.54. The van der Waals surface area contributed by atoms with Crippen LogP contribution in [0.5, 0.6) is 0 Å². The maximum Gasteiger partial charge on any atom is 0.336 e. The Bertz CT molecular complexity index is 811. The summed E-state index contributed by atoms with van der Waals surface area (Å²) in [4.78, 5) is 42.0. The minimum atomic E-state index is -1.40. The molecule has 0 heterocycles. The van der Waals surface area contributed by atoms with E-state index in [1.54, 1.807) is 0 Å². The van der Waals surface area contributed by atoms with Gasteiger partial charge in [-0.1, -0.05) is 24.3 Å². The van der Waals surface area contributed by atoms with Crippen molar-refractivity contribution in [2.45, 2.75) is 0 Å². The molecule has 2 aromatic carbocycles. The number of carbonyl (C=O) groups is 4. The first kappa shape index (κ1) is 16.7. The number of aromatic carboxylic acids is 4. The maximum atomic E-state index is 10.6. The lowest BCUT2D eigenvalue weighted by Crippen LogP contribution is -2.06. The van der Waals surface area contributed by atoms with Crippen LogP contribution in [0, 0.1) is 0 Å². The summed E-state index contributed by atoms with van der Waals surface area (Å²) in [7, 11) is 0. The zero-order valence-corrected chi connectivity index (χ0v) is 12.0. The Balaban J connectivity index is 0.000000251. The summed E-state index contributed by atoms with van der Waals surface area (Å²) in [6.07, 6.45) is 0. The van der Waals surface area contributed by atoms with E-state index < -0.39 is 29.4 Å². The van der Waals surface area contributed by atoms with Crippen LogP contribution >= 0.6 is 0 Å². The zero-order chi connectivity index (χ0) is 19.1. The van der Waals surface area contributed by atoms with Gasteiger partial charge in [0.15, 0.2) is 0 Å². The van der Waals surface area contributed by atoms with E-state index in [4.69, 9.17) is 21.8 Å². The lowest BCUT2D eigenvalue weighted by atomic mass is 10.1. The van der Waals surface area contributed by atoms with Crippen molar-refractivity contribution in [2.75, 3.05) is 0 Å². The van der Waals surface area contributed by atoms with Crippen LogP contribution in [0.3, 0.4) is 0 Å². The predicted octanol–water partition coefficient (Wildman–Crippen LogP) is 2.17. The number of hydrogen-bond acceptors (Lipinski definition) is 4. The van der Waals surface area contributed by atoms with Crippen molar-refractivity contribution in [2.24, 2.45) is 0 Å². The molecular formula is C16H12O8. The molecule has 0 saturated carbocycles. The van der Waals surface area contributed by atoms with Crippen molar-refractivity contribution in [1.82, 2.24) is 0 Å². The summed E-state index contributed by atoms with van der Waals surface area (Å²) < 4.78 is 7.19. The summed E-state index contributed by atoms with van der Waals surface area (Å²) in [5, 5.41) is 34.3. The van der Waals surface area contributed by atoms with Gasteiger partial charge in [-0.25, -0.2) is 19.2 Å². The SMILES string of the molecule is O=C(O)c1ccccc1C(=O)O.[2H]c1cccc(C(=O)O)c1C(=O)O. The molecule has 0 fully saturated rings. The molecule has 0 aliphatic heterocycles. The van der Waals surface area contributed by atoms with Gasteiger partial charge in [0, 0.05) is 0 Å². The highest BCUT2D eigenvalue weighted by Gasteiger charge is 2.14. The fourth-order valence-electron chi connectivity index (χ4n) is 1.65. The van der Waals surface area contributed by atoms with Gasteiger partial charge >= 0.3 is 23.9 Å². The molecule has 8 nitrogen and oxygen atoms in total. The van der Waals surface area contributed by atoms with Gasteiger partial charge in [-0.05, 0) is 24.2 Å². The van der Waals surface area contributed by atoms with Crippen molar-refractivity contribution in [3.63, 3.8) is 0 Å². The summed E-state index contributed by atoms with van der Waals surface area (Å²) in [5.41, 5.74) is -1.22. The van der Waals surface area contributed by atoms with Gasteiger partial charge in [-0.2, -0.15) is 0 Å². The van der Waals surface area contributed by atoms with Crippen LogP contribution in [-0.4, -0.2) is 44.3 Å². The Morgan fingerprint density at radius 2 is 0.875 bits per heavy atom. The molecule has 0 aromatic heterocycles. The van der Waals surface area contributed by atoms with E-state index in [1.807, 2.05) is 0 Å². The first-order valence-electron chi connectivity index (χ1n) is 6.78. The van der Waals surface area contributed by atoms with Crippen molar-refractivity contribution < 1.29 is 41.0 Å². The van der Waals surface area contributed by atoms with E-state index >= 15 is 0 Å². The molecule has 0 bridgehead atoms. The molecule has 124 valence electrons. The molecule has 2 aromatic rings. The van der Waals surface area contributed by atoms with E-state index in [1.165, 1.54) is 36.4 Å². The molecule has 8 heteroatoms. The monoisotopic (exact) mass is 333 g/mol. The van der Waals surface area contributed by atoms with Crippen molar-refractivity contribution in [3.8, 4) is 0 Å².